The van der Waals surface area contributed by atoms with Gasteiger partial charge in [-0.25, -0.2) is 21.6 Å². The molecule has 28 heavy (non-hydrogen) atoms. The van der Waals surface area contributed by atoms with Crippen molar-refractivity contribution in [3.8, 4) is 0 Å². The molecule has 0 radical (unpaired) electrons. The van der Waals surface area contributed by atoms with E-state index in [1.165, 1.54) is 12.1 Å². The molecule has 0 bridgehead atoms. The van der Waals surface area contributed by atoms with Crippen LogP contribution in [0.2, 0.25) is 0 Å². The molecule has 0 aliphatic heterocycles. The maximum Gasteiger partial charge on any atom is 0.238 e. The Morgan fingerprint density at radius 1 is 0.964 bits per heavy atom. The second-order valence-corrected chi connectivity index (χ2v) is 9.00. The highest BCUT2D eigenvalue weighted by molar-refractivity contribution is 7.94. The van der Waals surface area contributed by atoms with Gasteiger partial charge < -0.3 is 5.32 Å². The van der Waals surface area contributed by atoms with Crippen molar-refractivity contribution in [1.29, 1.82) is 0 Å². The molecule has 4 nitrogen and oxygen atoms in total. The van der Waals surface area contributed by atoms with Crippen LogP contribution in [0.1, 0.15) is 45.6 Å². The number of halogens is 3. The fourth-order valence-corrected chi connectivity index (χ4v) is 4.36. The van der Waals surface area contributed by atoms with E-state index in [0.29, 0.717) is 18.4 Å². The summed E-state index contributed by atoms with van der Waals surface area (Å²) in [6, 6.07) is 6.15. The van der Waals surface area contributed by atoms with Crippen LogP contribution in [-0.2, 0) is 10.0 Å². The predicted molar refractivity (Wildman–Crippen MR) is 107 cm³/mol. The number of hydrogen-bond acceptors (Lipinski definition) is 3. The fourth-order valence-electron chi connectivity index (χ4n) is 2.83. The number of anilines is 3. The molecule has 0 saturated heterocycles. The molecule has 2 N–H and O–H groups in total. The summed E-state index contributed by atoms with van der Waals surface area (Å²) in [4.78, 5) is 0. The van der Waals surface area contributed by atoms with Gasteiger partial charge in [-0.05, 0) is 56.5 Å². The first kappa shape index (κ1) is 22.1. The van der Waals surface area contributed by atoms with Crippen molar-refractivity contribution in [2.45, 2.75) is 51.7 Å². The normalized spacial score (nSPS) is 15.1. The van der Waals surface area contributed by atoms with Gasteiger partial charge in [-0.1, -0.05) is 26.3 Å². The van der Waals surface area contributed by atoms with Gasteiger partial charge in [-0.3, -0.25) is 4.72 Å². The minimum absolute atomic E-state index is 0.0876. The van der Waals surface area contributed by atoms with Crippen LogP contribution < -0.4 is 10.0 Å². The van der Waals surface area contributed by atoms with Gasteiger partial charge in [-0.15, -0.1) is 0 Å². The van der Waals surface area contributed by atoms with E-state index in [0.717, 1.165) is 18.6 Å². The molecule has 1 saturated carbocycles. The van der Waals surface area contributed by atoms with Crippen LogP contribution in [0.4, 0.5) is 30.2 Å². The highest BCUT2D eigenvalue weighted by atomic mass is 32.2. The number of rotatable bonds is 5. The molecular formula is C20H25F3N2O2S. The SMILES string of the molecule is CC.Cc1ccc(Nc2c(NS(=O)(=O)C3(C)CCC3)ccc(F)c2F)c(F)c1. The van der Waals surface area contributed by atoms with Gasteiger partial charge in [0.1, 0.15) is 11.5 Å². The summed E-state index contributed by atoms with van der Waals surface area (Å²) < 4.78 is 68.6. The van der Waals surface area contributed by atoms with E-state index in [-0.39, 0.29) is 11.4 Å². The van der Waals surface area contributed by atoms with E-state index in [1.54, 1.807) is 19.9 Å². The minimum Gasteiger partial charge on any atom is -0.349 e. The summed E-state index contributed by atoms with van der Waals surface area (Å²) in [5, 5.41) is 2.47. The summed E-state index contributed by atoms with van der Waals surface area (Å²) in [5.74, 6) is -3.12. The van der Waals surface area contributed by atoms with Crippen molar-refractivity contribution >= 4 is 27.1 Å². The van der Waals surface area contributed by atoms with E-state index in [1.807, 2.05) is 13.8 Å². The average molecular weight is 414 g/mol. The summed E-state index contributed by atoms with van der Waals surface area (Å²) in [6.07, 6.45) is 1.76. The monoisotopic (exact) mass is 414 g/mol. The third-order valence-electron chi connectivity index (χ3n) is 4.78. The van der Waals surface area contributed by atoms with Crippen molar-refractivity contribution in [2.75, 3.05) is 10.0 Å². The maximum absolute atomic E-state index is 14.3. The highest BCUT2D eigenvalue weighted by Gasteiger charge is 2.45. The van der Waals surface area contributed by atoms with Crippen molar-refractivity contribution < 1.29 is 21.6 Å². The van der Waals surface area contributed by atoms with Gasteiger partial charge in [-0.2, -0.15) is 0 Å². The Morgan fingerprint density at radius 3 is 2.11 bits per heavy atom. The largest absolute Gasteiger partial charge is 0.349 e. The lowest BCUT2D eigenvalue weighted by Gasteiger charge is -2.37. The van der Waals surface area contributed by atoms with Crippen molar-refractivity contribution in [3.63, 3.8) is 0 Å². The summed E-state index contributed by atoms with van der Waals surface area (Å²) in [6.45, 7) is 7.29. The second kappa shape index (κ2) is 8.43. The van der Waals surface area contributed by atoms with Crippen LogP contribution in [0.5, 0.6) is 0 Å². The Morgan fingerprint density at radius 2 is 1.57 bits per heavy atom. The summed E-state index contributed by atoms with van der Waals surface area (Å²) in [5.41, 5.74) is -0.0572. The Labute approximate surface area is 164 Å². The van der Waals surface area contributed by atoms with Crippen molar-refractivity contribution in [1.82, 2.24) is 0 Å². The van der Waals surface area contributed by atoms with Gasteiger partial charge in [0.25, 0.3) is 0 Å². The van der Waals surface area contributed by atoms with Crippen molar-refractivity contribution in [2.24, 2.45) is 0 Å². The maximum atomic E-state index is 14.3. The topological polar surface area (TPSA) is 58.2 Å². The Bertz CT molecular complexity index is 958. The molecule has 0 atom stereocenters. The predicted octanol–water partition coefficient (Wildman–Crippen LogP) is 5.87. The first-order valence-corrected chi connectivity index (χ1v) is 10.6. The Kier molecular flexibility index (Phi) is 6.64. The minimum atomic E-state index is -3.81. The molecule has 8 heteroatoms. The number of nitrogens with one attached hydrogen (secondary N) is 2. The van der Waals surface area contributed by atoms with Gasteiger partial charge >= 0.3 is 0 Å². The average Bonchev–Trinajstić information content (AvgIpc) is 2.62. The molecule has 2 aromatic carbocycles. The molecule has 154 valence electrons. The van der Waals surface area contributed by atoms with Crippen LogP contribution in [0.25, 0.3) is 0 Å². The molecule has 1 fully saturated rings. The van der Waals surface area contributed by atoms with Crippen LogP contribution in [0.3, 0.4) is 0 Å². The lowest BCUT2D eigenvalue weighted by Crippen LogP contribution is -2.45. The first-order valence-electron chi connectivity index (χ1n) is 9.16. The Balaban J connectivity index is 0.00000136. The molecule has 0 heterocycles. The molecule has 3 rings (SSSR count). The van der Waals surface area contributed by atoms with E-state index in [2.05, 4.69) is 10.0 Å². The number of sulfonamides is 1. The van der Waals surface area contributed by atoms with Gasteiger partial charge in [0, 0.05) is 0 Å². The van der Waals surface area contributed by atoms with Crippen LogP contribution in [0.15, 0.2) is 30.3 Å². The Hall–Kier alpha value is -2.22. The quantitative estimate of drug-likeness (QED) is 0.644. The molecule has 1 aliphatic rings. The number of hydrogen-bond donors (Lipinski definition) is 2. The van der Waals surface area contributed by atoms with E-state index >= 15 is 0 Å². The summed E-state index contributed by atoms with van der Waals surface area (Å²) >= 11 is 0. The smallest absolute Gasteiger partial charge is 0.238 e. The van der Waals surface area contributed by atoms with Crippen LogP contribution in [0, 0.1) is 24.4 Å². The van der Waals surface area contributed by atoms with E-state index < -0.39 is 37.9 Å². The zero-order chi connectivity index (χ0) is 21.1. The van der Waals surface area contributed by atoms with Crippen LogP contribution in [-0.4, -0.2) is 13.2 Å². The molecule has 0 unspecified atom stereocenters. The van der Waals surface area contributed by atoms with Gasteiger partial charge in [0.2, 0.25) is 10.0 Å². The van der Waals surface area contributed by atoms with E-state index in [9.17, 15) is 21.6 Å². The van der Waals surface area contributed by atoms with Gasteiger partial charge in [0.05, 0.1) is 16.1 Å². The summed E-state index contributed by atoms with van der Waals surface area (Å²) in [7, 11) is -3.81. The molecule has 0 spiro atoms. The fraction of sp³-hybridized carbons (Fsp3) is 0.400. The lowest BCUT2D eigenvalue weighted by atomic mass is 9.86. The third-order valence-corrected chi connectivity index (χ3v) is 6.98. The van der Waals surface area contributed by atoms with E-state index in [4.69, 9.17) is 0 Å². The van der Waals surface area contributed by atoms with Crippen LogP contribution >= 0.6 is 0 Å². The standard InChI is InChI=1S/C18H19F3N2O2S.C2H6/c1-11-4-6-14(13(20)10-11)22-17-15(7-5-12(19)16(17)21)23-26(24,25)18(2)8-3-9-18;1-2/h4-7,10,22-23H,3,8-9H2,1-2H3;1-2H3. The van der Waals surface area contributed by atoms with Crippen molar-refractivity contribution in [3.05, 3.63) is 53.3 Å². The number of aryl methyl sites for hydroxylation is 1. The second-order valence-electron chi connectivity index (χ2n) is 6.80. The molecule has 2 aromatic rings. The zero-order valence-corrected chi connectivity index (χ0v) is 17.2. The molecular weight excluding hydrogens is 389 g/mol. The number of benzene rings is 2. The molecule has 0 aromatic heterocycles. The molecule has 1 aliphatic carbocycles. The first-order chi connectivity index (χ1) is 13.1. The third kappa shape index (κ3) is 4.27. The highest BCUT2D eigenvalue weighted by Crippen LogP contribution is 2.41. The molecule has 0 amide bonds. The lowest BCUT2D eigenvalue weighted by molar-refractivity contribution is 0.364. The van der Waals surface area contributed by atoms with Gasteiger partial charge in [0.15, 0.2) is 11.6 Å². The zero-order valence-electron chi connectivity index (χ0n) is 16.4.